The van der Waals surface area contributed by atoms with Crippen LogP contribution < -0.4 is 9.64 Å². The zero-order valence-electron chi connectivity index (χ0n) is 12.2. The van der Waals surface area contributed by atoms with Crippen molar-refractivity contribution in [3.8, 4) is 5.75 Å². The number of hydrogen-bond acceptors (Lipinski definition) is 3. The second-order valence-electron chi connectivity index (χ2n) is 4.77. The minimum absolute atomic E-state index is 0.143. The van der Waals surface area contributed by atoms with E-state index in [1.807, 2.05) is 60.5 Å². The Kier molecular flexibility index (Phi) is 5.39. The monoisotopic (exact) mass is 347 g/mol. The van der Waals surface area contributed by atoms with E-state index in [1.54, 1.807) is 7.11 Å². The van der Waals surface area contributed by atoms with Gasteiger partial charge in [0.1, 0.15) is 5.75 Å². The summed E-state index contributed by atoms with van der Waals surface area (Å²) in [7, 11) is 3.62. The first kappa shape index (κ1) is 15.6. The molecule has 0 atom stereocenters. The highest BCUT2D eigenvalue weighted by atomic mass is 79.9. The number of para-hydroxylation sites is 2. The topological polar surface area (TPSA) is 29.5 Å². The van der Waals surface area contributed by atoms with E-state index in [1.165, 1.54) is 0 Å². The number of methoxy groups -OCH3 is 1. The van der Waals surface area contributed by atoms with E-state index in [9.17, 15) is 4.79 Å². The van der Waals surface area contributed by atoms with Crippen molar-refractivity contribution >= 4 is 27.4 Å². The van der Waals surface area contributed by atoms with Gasteiger partial charge >= 0.3 is 0 Å². The van der Waals surface area contributed by atoms with Gasteiger partial charge in [0, 0.05) is 30.0 Å². The maximum Gasteiger partial charge on any atom is 0.164 e. The van der Waals surface area contributed by atoms with Crippen LogP contribution in [0.3, 0.4) is 0 Å². The summed E-state index contributed by atoms with van der Waals surface area (Å²) in [5.41, 5.74) is 1.73. The summed E-state index contributed by atoms with van der Waals surface area (Å²) in [5.74, 6) is 0.959. The zero-order chi connectivity index (χ0) is 15.2. The fraction of sp³-hybridized carbons (Fsp3) is 0.235. The van der Waals surface area contributed by atoms with Crippen molar-refractivity contribution in [3.63, 3.8) is 0 Å². The summed E-state index contributed by atoms with van der Waals surface area (Å²) in [6, 6.07) is 15.3. The Labute approximate surface area is 133 Å². The van der Waals surface area contributed by atoms with Gasteiger partial charge < -0.3 is 9.64 Å². The lowest BCUT2D eigenvalue weighted by Crippen LogP contribution is -2.21. The van der Waals surface area contributed by atoms with Gasteiger partial charge in [-0.1, -0.05) is 40.2 Å². The van der Waals surface area contributed by atoms with Crippen LogP contribution in [0.15, 0.2) is 53.0 Å². The van der Waals surface area contributed by atoms with Crippen molar-refractivity contribution in [2.24, 2.45) is 0 Å². The van der Waals surface area contributed by atoms with Gasteiger partial charge in [-0.15, -0.1) is 0 Å². The Morgan fingerprint density at radius 1 is 1.14 bits per heavy atom. The lowest BCUT2D eigenvalue weighted by Gasteiger charge is -2.21. The molecule has 2 aromatic rings. The number of ketones is 1. The van der Waals surface area contributed by atoms with Crippen molar-refractivity contribution in [1.82, 2.24) is 0 Å². The van der Waals surface area contributed by atoms with Crippen molar-refractivity contribution in [2.75, 3.05) is 25.6 Å². The van der Waals surface area contributed by atoms with Crippen LogP contribution in [0.2, 0.25) is 0 Å². The third kappa shape index (κ3) is 4.08. The van der Waals surface area contributed by atoms with Gasteiger partial charge in [0.15, 0.2) is 5.78 Å². The van der Waals surface area contributed by atoms with Crippen LogP contribution in [0.5, 0.6) is 5.75 Å². The second kappa shape index (κ2) is 7.27. The van der Waals surface area contributed by atoms with Gasteiger partial charge in [-0.05, 0) is 24.3 Å². The molecule has 0 N–H and O–H groups in total. The lowest BCUT2D eigenvalue weighted by molar-refractivity contribution is 0.0985. The molecule has 0 aliphatic carbocycles. The summed E-state index contributed by atoms with van der Waals surface area (Å²) >= 11 is 3.37. The molecule has 0 unspecified atom stereocenters. The molecule has 21 heavy (non-hydrogen) atoms. The average Bonchev–Trinajstić information content (AvgIpc) is 2.52. The number of halogens is 1. The number of carbonyl (C=O) groups is 1. The van der Waals surface area contributed by atoms with Gasteiger partial charge in [0.2, 0.25) is 0 Å². The molecule has 0 saturated heterocycles. The average molecular weight is 348 g/mol. The predicted octanol–water partition coefficient (Wildman–Crippen LogP) is 4.17. The molecule has 2 aromatic carbocycles. The molecule has 0 spiro atoms. The molecule has 3 nitrogen and oxygen atoms in total. The first-order valence-corrected chi connectivity index (χ1v) is 7.54. The minimum Gasteiger partial charge on any atom is -0.495 e. The molecule has 110 valence electrons. The zero-order valence-corrected chi connectivity index (χ0v) is 13.8. The third-order valence-corrected chi connectivity index (χ3v) is 3.87. The van der Waals surface area contributed by atoms with Crippen LogP contribution in [0.4, 0.5) is 5.69 Å². The van der Waals surface area contributed by atoms with Crippen molar-refractivity contribution < 1.29 is 9.53 Å². The molecular weight excluding hydrogens is 330 g/mol. The number of Topliss-reactive ketones (excluding diaryl/α,β-unsaturated/α-hetero) is 1. The predicted molar refractivity (Wildman–Crippen MR) is 89.4 cm³/mol. The Morgan fingerprint density at radius 3 is 2.48 bits per heavy atom. The molecule has 0 fully saturated rings. The maximum atomic E-state index is 12.2. The number of benzene rings is 2. The molecule has 0 aliphatic heterocycles. The Balaban J connectivity index is 1.99. The molecular formula is C17H18BrNO2. The van der Waals surface area contributed by atoms with Crippen molar-refractivity contribution in [2.45, 2.75) is 6.42 Å². The van der Waals surface area contributed by atoms with E-state index < -0.39 is 0 Å². The molecule has 0 bridgehead atoms. The fourth-order valence-electron chi connectivity index (χ4n) is 2.11. The number of ether oxygens (including phenoxy) is 1. The van der Waals surface area contributed by atoms with E-state index in [0.717, 1.165) is 21.5 Å². The smallest absolute Gasteiger partial charge is 0.164 e. The molecule has 0 aromatic heterocycles. The Hall–Kier alpha value is -1.81. The summed E-state index contributed by atoms with van der Waals surface area (Å²) in [4.78, 5) is 14.2. The van der Waals surface area contributed by atoms with Crippen LogP contribution in [0.25, 0.3) is 0 Å². The number of rotatable bonds is 6. The van der Waals surface area contributed by atoms with Crippen molar-refractivity contribution in [3.05, 3.63) is 58.6 Å². The van der Waals surface area contributed by atoms with Gasteiger partial charge in [-0.3, -0.25) is 4.79 Å². The van der Waals surface area contributed by atoms with Gasteiger partial charge in [-0.25, -0.2) is 0 Å². The first-order valence-electron chi connectivity index (χ1n) is 6.74. The number of anilines is 1. The molecule has 2 rings (SSSR count). The second-order valence-corrected chi connectivity index (χ2v) is 5.69. The SMILES string of the molecule is COc1ccccc1N(C)CCC(=O)c1ccc(Br)cc1. The number of nitrogens with zero attached hydrogens (tertiary/aromatic N) is 1. The quantitative estimate of drug-likeness (QED) is 0.734. The highest BCUT2D eigenvalue weighted by Gasteiger charge is 2.10. The van der Waals surface area contributed by atoms with Gasteiger partial charge in [0.25, 0.3) is 0 Å². The summed E-state index contributed by atoms with van der Waals surface area (Å²) in [5, 5.41) is 0. The van der Waals surface area contributed by atoms with E-state index in [2.05, 4.69) is 15.9 Å². The van der Waals surface area contributed by atoms with Crippen molar-refractivity contribution in [1.29, 1.82) is 0 Å². The minimum atomic E-state index is 0.143. The van der Waals surface area contributed by atoms with E-state index in [4.69, 9.17) is 4.74 Å². The van der Waals surface area contributed by atoms with Gasteiger partial charge in [0.05, 0.1) is 12.8 Å². The van der Waals surface area contributed by atoms with Gasteiger partial charge in [-0.2, -0.15) is 0 Å². The first-order chi connectivity index (χ1) is 10.1. The van der Waals surface area contributed by atoms with Crippen LogP contribution in [-0.4, -0.2) is 26.5 Å². The summed E-state index contributed by atoms with van der Waals surface area (Å²) in [6.07, 6.45) is 0.468. The highest BCUT2D eigenvalue weighted by molar-refractivity contribution is 9.10. The standard InChI is InChI=1S/C17H18BrNO2/c1-19(15-5-3-4-6-17(15)21-2)12-11-16(20)13-7-9-14(18)10-8-13/h3-10H,11-12H2,1-2H3. The number of carbonyl (C=O) groups excluding carboxylic acids is 1. The van der Waals surface area contributed by atoms with Crippen LogP contribution in [0, 0.1) is 0 Å². The third-order valence-electron chi connectivity index (χ3n) is 3.34. The largest absolute Gasteiger partial charge is 0.495 e. The molecule has 0 saturated carbocycles. The molecule has 0 heterocycles. The normalized spacial score (nSPS) is 10.2. The van der Waals surface area contributed by atoms with Crippen LogP contribution in [0.1, 0.15) is 16.8 Å². The molecule has 0 amide bonds. The van der Waals surface area contributed by atoms with Crippen LogP contribution in [-0.2, 0) is 0 Å². The van der Waals surface area contributed by atoms with Crippen LogP contribution >= 0.6 is 15.9 Å². The van der Waals surface area contributed by atoms with E-state index in [-0.39, 0.29) is 5.78 Å². The Morgan fingerprint density at radius 2 is 1.81 bits per heavy atom. The highest BCUT2D eigenvalue weighted by Crippen LogP contribution is 2.26. The molecule has 0 aliphatic rings. The summed E-state index contributed by atoms with van der Waals surface area (Å²) < 4.78 is 6.32. The van der Waals surface area contributed by atoms with E-state index in [0.29, 0.717) is 13.0 Å². The Bertz CT molecular complexity index is 610. The fourth-order valence-corrected chi connectivity index (χ4v) is 2.38. The number of hydrogen-bond donors (Lipinski definition) is 0. The maximum absolute atomic E-state index is 12.2. The molecule has 4 heteroatoms. The molecule has 0 radical (unpaired) electrons. The van der Waals surface area contributed by atoms with E-state index >= 15 is 0 Å². The lowest BCUT2D eigenvalue weighted by atomic mass is 10.1. The summed E-state index contributed by atoms with van der Waals surface area (Å²) in [6.45, 7) is 0.648.